The van der Waals surface area contributed by atoms with Gasteiger partial charge in [0.15, 0.2) is 0 Å². The maximum atomic E-state index is 3.86. The maximum absolute atomic E-state index is 3.86. The highest BCUT2D eigenvalue weighted by Gasteiger charge is 2.32. The van der Waals surface area contributed by atoms with Gasteiger partial charge in [-0.2, -0.15) is 0 Å². The van der Waals surface area contributed by atoms with Gasteiger partial charge in [-0.3, -0.25) is 0 Å². The molecule has 102 valence electrons. The predicted molar refractivity (Wildman–Crippen MR) is 83.0 cm³/mol. The van der Waals surface area contributed by atoms with Crippen LogP contribution in [0.5, 0.6) is 0 Å². The van der Waals surface area contributed by atoms with Gasteiger partial charge in [-0.25, -0.2) is 0 Å². The van der Waals surface area contributed by atoms with Crippen LogP contribution >= 0.6 is 0 Å². The van der Waals surface area contributed by atoms with E-state index in [4.69, 9.17) is 0 Å². The van der Waals surface area contributed by atoms with E-state index in [-0.39, 0.29) is 0 Å². The number of fused-ring (bicyclic) bond motifs is 1. The van der Waals surface area contributed by atoms with Gasteiger partial charge in [-0.15, -0.1) is 0 Å². The largest absolute Gasteiger partial charge is 0.311 e. The second-order valence-electron chi connectivity index (χ2n) is 6.32. The Kier molecular flexibility index (Phi) is 3.08. The lowest BCUT2D eigenvalue weighted by Gasteiger charge is -2.38. The third-order valence-corrected chi connectivity index (χ3v) is 4.93. The lowest BCUT2D eigenvalue weighted by molar-refractivity contribution is 0.266. The molecule has 0 radical (unpaired) electrons. The molecule has 2 aromatic carbocycles. The Hall–Kier alpha value is -1.60. The van der Waals surface area contributed by atoms with Crippen LogP contribution < -0.4 is 5.32 Å². The molecule has 0 spiro atoms. The quantitative estimate of drug-likeness (QED) is 0.890. The van der Waals surface area contributed by atoms with Gasteiger partial charge in [0.25, 0.3) is 0 Å². The fourth-order valence-corrected chi connectivity index (χ4v) is 3.76. The number of nitrogens with one attached hydrogen (secondary N) is 1. The summed E-state index contributed by atoms with van der Waals surface area (Å²) in [6.45, 7) is 0. The molecule has 1 N–H and O–H groups in total. The van der Waals surface area contributed by atoms with Crippen molar-refractivity contribution in [2.45, 2.75) is 43.7 Å². The summed E-state index contributed by atoms with van der Waals surface area (Å²) in [5.74, 6) is 0.775. The van der Waals surface area contributed by atoms with Gasteiger partial charge in [0.05, 0.1) is 0 Å². The van der Waals surface area contributed by atoms with Crippen LogP contribution in [0.2, 0.25) is 0 Å². The van der Waals surface area contributed by atoms with Crippen molar-refractivity contribution in [3.8, 4) is 0 Å². The summed E-state index contributed by atoms with van der Waals surface area (Å²) >= 11 is 0. The zero-order valence-corrected chi connectivity index (χ0v) is 11.8. The minimum Gasteiger partial charge on any atom is -0.311 e. The Morgan fingerprint density at radius 1 is 0.700 bits per heavy atom. The first-order valence-electron chi connectivity index (χ1n) is 7.76. The van der Waals surface area contributed by atoms with Gasteiger partial charge in [0.1, 0.15) is 0 Å². The molecule has 0 amide bonds. The van der Waals surface area contributed by atoms with E-state index >= 15 is 0 Å². The molecule has 0 saturated heterocycles. The Morgan fingerprint density at radius 3 is 1.95 bits per heavy atom. The van der Waals surface area contributed by atoms with Crippen molar-refractivity contribution in [1.29, 1.82) is 0 Å². The van der Waals surface area contributed by atoms with Gasteiger partial charge in [0.2, 0.25) is 0 Å². The summed E-state index contributed by atoms with van der Waals surface area (Å²) in [5, 5.41) is 3.86. The second kappa shape index (κ2) is 5.06. The van der Waals surface area contributed by atoms with Gasteiger partial charge in [-0.05, 0) is 48.3 Å². The maximum Gasteiger partial charge on any atom is 0.0151 e. The van der Waals surface area contributed by atoms with Crippen LogP contribution in [-0.2, 0) is 12.8 Å². The van der Waals surface area contributed by atoms with Crippen molar-refractivity contribution < 1.29 is 0 Å². The smallest absolute Gasteiger partial charge is 0.0151 e. The predicted octanol–water partition coefficient (Wildman–Crippen LogP) is 3.69. The Morgan fingerprint density at radius 2 is 1.30 bits per heavy atom. The van der Waals surface area contributed by atoms with Crippen molar-refractivity contribution in [1.82, 2.24) is 5.32 Å². The summed E-state index contributed by atoms with van der Waals surface area (Å²) in [5.41, 5.74) is 4.60. The van der Waals surface area contributed by atoms with E-state index in [0.717, 1.165) is 12.0 Å². The summed E-state index contributed by atoms with van der Waals surface area (Å²) in [6.07, 6.45) is 5.03. The van der Waals surface area contributed by atoms with E-state index in [9.17, 15) is 0 Å². The second-order valence-corrected chi connectivity index (χ2v) is 6.32. The van der Waals surface area contributed by atoms with Crippen molar-refractivity contribution in [2.24, 2.45) is 0 Å². The fourth-order valence-electron chi connectivity index (χ4n) is 3.76. The van der Waals surface area contributed by atoms with Crippen LogP contribution in [0.25, 0.3) is 0 Å². The van der Waals surface area contributed by atoms with Crippen LogP contribution in [0, 0.1) is 0 Å². The number of hydrogen-bond acceptors (Lipinski definition) is 1. The van der Waals surface area contributed by atoms with Gasteiger partial charge >= 0.3 is 0 Å². The minimum atomic E-state index is 0.661. The molecule has 1 nitrogen and oxygen atoms in total. The SMILES string of the molecule is c1ccc(C2CC(NC3Cc4ccccc4C3)C2)cc1. The first-order valence-corrected chi connectivity index (χ1v) is 7.76. The van der Waals surface area contributed by atoms with Crippen molar-refractivity contribution >= 4 is 0 Å². The molecule has 1 heteroatoms. The molecule has 1 fully saturated rings. The van der Waals surface area contributed by atoms with E-state index < -0.39 is 0 Å². The van der Waals surface area contributed by atoms with Crippen LogP contribution in [0.15, 0.2) is 54.6 Å². The summed E-state index contributed by atoms with van der Waals surface area (Å²) in [6, 6.07) is 21.2. The first kappa shape index (κ1) is 12.2. The molecule has 1 saturated carbocycles. The summed E-state index contributed by atoms with van der Waals surface area (Å²) in [4.78, 5) is 0. The molecule has 20 heavy (non-hydrogen) atoms. The topological polar surface area (TPSA) is 12.0 Å². The zero-order valence-electron chi connectivity index (χ0n) is 11.8. The third-order valence-electron chi connectivity index (χ3n) is 4.93. The Balaban J connectivity index is 1.31. The molecule has 0 heterocycles. The molecule has 2 aliphatic rings. The molecular weight excluding hydrogens is 242 g/mol. The minimum absolute atomic E-state index is 0.661. The number of benzene rings is 2. The van der Waals surface area contributed by atoms with Crippen LogP contribution in [-0.4, -0.2) is 12.1 Å². The van der Waals surface area contributed by atoms with E-state index in [2.05, 4.69) is 59.9 Å². The molecular formula is C19H21N. The number of rotatable bonds is 3. The van der Waals surface area contributed by atoms with Crippen molar-refractivity contribution in [3.63, 3.8) is 0 Å². The van der Waals surface area contributed by atoms with E-state index in [1.165, 1.54) is 31.2 Å². The normalized spacial score (nSPS) is 25.2. The molecule has 0 unspecified atom stereocenters. The molecule has 0 atom stereocenters. The summed E-state index contributed by atoms with van der Waals surface area (Å²) in [7, 11) is 0. The molecule has 2 aromatic rings. The fraction of sp³-hybridized carbons (Fsp3) is 0.368. The Labute approximate surface area is 121 Å². The lowest BCUT2D eigenvalue weighted by atomic mass is 9.75. The highest BCUT2D eigenvalue weighted by Crippen LogP contribution is 2.37. The van der Waals surface area contributed by atoms with E-state index in [1.54, 1.807) is 11.1 Å². The molecule has 2 aliphatic carbocycles. The highest BCUT2D eigenvalue weighted by atomic mass is 15.0. The van der Waals surface area contributed by atoms with E-state index in [1.807, 2.05) is 0 Å². The van der Waals surface area contributed by atoms with Gasteiger partial charge in [-0.1, -0.05) is 54.6 Å². The monoisotopic (exact) mass is 263 g/mol. The Bertz CT molecular complexity index is 559. The highest BCUT2D eigenvalue weighted by molar-refractivity contribution is 5.33. The van der Waals surface area contributed by atoms with Crippen LogP contribution in [0.3, 0.4) is 0 Å². The van der Waals surface area contributed by atoms with Crippen molar-refractivity contribution in [2.75, 3.05) is 0 Å². The molecule has 0 aromatic heterocycles. The van der Waals surface area contributed by atoms with Gasteiger partial charge < -0.3 is 5.32 Å². The van der Waals surface area contributed by atoms with Crippen LogP contribution in [0.1, 0.15) is 35.4 Å². The zero-order chi connectivity index (χ0) is 13.4. The molecule has 0 aliphatic heterocycles. The van der Waals surface area contributed by atoms with Gasteiger partial charge in [0, 0.05) is 12.1 Å². The summed E-state index contributed by atoms with van der Waals surface area (Å²) < 4.78 is 0. The van der Waals surface area contributed by atoms with Crippen LogP contribution in [0.4, 0.5) is 0 Å². The number of hydrogen-bond donors (Lipinski definition) is 1. The van der Waals surface area contributed by atoms with E-state index in [0.29, 0.717) is 6.04 Å². The lowest BCUT2D eigenvalue weighted by Crippen LogP contribution is -2.45. The third kappa shape index (κ3) is 2.27. The average Bonchev–Trinajstić information content (AvgIpc) is 2.86. The molecule has 0 bridgehead atoms. The molecule has 4 rings (SSSR count). The van der Waals surface area contributed by atoms with Crippen molar-refractivity contribution in [3.05, 3.63) is 71.3 Å². The first-order chi connectivity index (χ1) is 9.88. The average molecular weight is 263 g/mol. The standard InChI is InChI=1S/C19H21N/c1-2-6-14(7-3-1)17-12-19(13-17)20-18-10-15-8-4-5-9-16(15)11-18/h1-9,17-20H,10-13H2.